The zero-order valence-corrected chi connectivity index (χ0v) is 15.1. The standard InChI is InChI=1S/C19H15N5O2S/c25-17-14-3-1-2-4-15(14)18(26)23(17)11-27-19-22-21-16(24(19)13-5-6-13)12-7-9-20-10-8-12/h1-4,7-10,13H,5-6,11H2. The highest BCUT2D eigenvalue weighted by Crippen LogP contribution is 2.41. The van der Waals surface area contributed by atoms with Crippen LogP contribution in [0.3, 0.4) is 0 Å². The fourth-order valence-electron chi connectivity index (χ4n) is 3.21. The molecular formula is C19H15N5O2S. The maximum absolute atomic E-state index is 12.5. The van der Waals surface area contributed by atoms with Crippen molar-refractivity contribution in [3.8, 4) is 11.4 Å². The molecule has 1 fully saturated rings. The summed E-state index contributed by atoms with van der Waals surface area (Å²) in [6.45, 7) is 0. The van der Waals surface area contributed by atoms with E-state index in [0.717, 1.165) is 29.4 Å². The third kappa shape index (κ3) is 2.73. The summed E-state index contributed by atoms with van der Waals surface area (Å²) in [4.78, 5) is 30.4. The van der Waals surface area contributed by atoms with Gasteiger partial charge in [-0.2, -0.15) is 0 Å². The molecule has 8 heteroatoms. The van der Waals surface area contributed by atoms with Gasteiger partial charge in [-0.25, -0.2) is 0 Å². The number of fused-ring (bicyclic) bond motifs is 1. The predicted octanol–water partition coefficient (Wildman–Crippen LogP) is 3.02. The lowest BCUT2D eigenvalue weighted by molar-refractivity contribution is 0.0684. The van der Waals surface area contributed by atoms with Gasteiger partial charge in [-0.05, 0) is 37.1 Å². The van der Waals surface area contributed by atoms with Crippen molar-refractivity contribution in [3.05, 3.63) is 59.9 Å². The Kier molecular flexibility index (Phi) is 3.78. The maximum Gasteiger partial charge on any atom is 0.262 e. The number of amides is 2. The van der Waals surface area contributed by atoms with E-state index in [2.05, 4.69) is 19.7 Å². The van der Waals surface area contributed by atoms with Gasteiger partial charge in [0.05, 0.1) is 17.0 Å². The van der Waals surface area contributed by atoms with E-state index in [1.165, 1.54) is 16.7 Å². The first-order chi connectivity index (χ1) is 13.2. The Morgan fingerprint density at radius 3 is 2.26 bits per heavy atom. The van der Waals surface area contributed by atoms with Crippen LogP contribution in [0.5, 0.6) is 0 Å². The predicted molar refractivity (Wildman–Crippen MR) is 99.2 cm³/mol. The number of rotatable bonds is 5. The molecule has 3 aromatic rings. The molecular weight excluding hydrogens is 362 g/mol. The van der Waals surface area contributed by atoms with Crippen molar-refractivity contribution in [2.24, 2.45) is 0 Å². The van der Waals surface area contributed by atoms with E-state index in [4.69, 9.17) is 0 Å². The van der Waals surface area contributed by atoms with Crippen LogP contribution < -0.4 is 0 Å². The Labute approximate surface area is 159 Å². The van der Waals surface area contributed by atoms with Crippen molar-refractivity contribution in [3.63, 3.8) is 0 Å². The molecule has 0 atom stereocenters. The molecule has 1 aliphatic heterocycles. The summed E-state index contributed by atoms with van der Waals surface area (Å²) in [5, 5.41) is 9.39. The number of hydrogen-bond acceptors (Lipinski definition) is 6. The van der Waals surface area contributed by atoms with Gasteiger partial charge in [0.1, 0.15) is 0 Å². The molecule has 1 aromatic carbocycles. The molecule has 1 saturated carbocycles. The van der Waals surface area contributed by atoms with Crippen LogP contribution in [-0.2, 0) is 0 Å². The molecule has 0 spiro atoms. The molecule has 0 unspecified atom stereocenters. The third-order valence-electron chi connectivity index (χ3n) is 4.72. The van der Waals surface area contributed by atoms with Crippen molar-refractivity contribution >= 4 is 23.6 Å². The average molecular weight is 377 g/mol. The van der Waals surface area contributed by atoms with Crippen LogP contribution in [0.2, 0.25) is 0 Å². The van der Waals surface area contributed by atoms with Crippen molar-refractivity contribution in [1.29, 1.82) is 0 Å². The van der Waals surface area contributed by atoms with E-state index in [1.54, 1.807) is 36.7 Å². The number of benzene rings is 1. The van der Waals surface area contributed by atoms with Crippen LogP contribution >= 0.6 is 11.8 Å². The van der Waals surface area contributed by atoms with Gasteiger partial charge in [0.15, 0.2) is 11.0 Å². The minimum Gasteiger partial charge on any atom is -0.299 e. The zero-order valence-electron chi connectivity index (χ0n) is 14.3. The van der Waals surface area contributed by atoms with E-state index in [0.29, 0.717) is 17.2 Å². The fourth-order valence-corrected chi connectivity index (χ4v) is 4.17. The Bertz CT molecular complexity index is 1010. The van der Waals surface area contributed by atoms with E-state index in [1.807, 2.05) is 12.1 Å². The van der Waals surface area contributed by atoms with E-state index < -0.39 is 0 Å². The lowest BCUT2D eigenvalue weighted by Crippen LogP contribution is -2.29. The van der Waals surface area contributed by atoms with Gasteiger partial charge in [0, 0.05) is 24.0 Å². The molecule has 27 heavy (non-hydrogen) atoms. The number of carbonyl (C=O) groups is 2. The second-order valence-corrected chi connectivity index (χ2v) is 7.41. The first-order valence-corrected chi connectivity index (χ1v) is 9.66. The van der Waals surface area contributed by atoms with Gasteiger partial charge in [0.25, 0.3) is 11.8 Å². The Hall–Kier alpha value is -3.00. The second-order valence-electron chi connectivity index (χ2n) is 6.50. The number of imide groups is 1. The highest BCUT2D eigenvalue weighted by molar-refractivity contribution is 7.99. The van der Waals surface area contributed by atoms with Gasteiger partial charge in [-0.3, -0.25) is 24.0 Å². The summed E-state index contributed by atoms with van der Waals surface area (Å²) in [5.74, 6) is 0.503. The summed E-state index contributed by atoms with van der Waals surface area (Å²) in [7, 11) is 0. The number of aromatic nitrogens is 4. The smallest absolute Gasteiger partial charge is 0.262 e. The van der Waals surface area contributed by atoms with Gasteiger partial charge >= 0.3 is 0 Å². The van der Waals surface area contributed by atoms with Crippen LogP contribution in [0.15, 0.2) is 53.9 Å². The molecule has 0 saturated heterocycles. The molecule has 3 heterocycles. The number of hydrogen-bond donors (Lipinski definition) is 0. The van der Waals surface area contributed by atoms with Gasteiger partial charge in [-0.15, -0.1) is 10.2 Å². The molecule has 2 aliphatic rings. The quantitative estimate of drug-likeness (QED) is 0.502. The minimum atomic E-state index is -0.255. The van der Waals surface area contributed by atoms with Crippen molar-refractivity contribution < 1.29 is 9.59 Å². The van der Waals surface area contributed by atoms with Crippen LogP contribution in [0.1, 0.15) is 39.6 Å². The Morgan fingerprint density at radius 2 is 1.63 bits per heavy atom. The van der Waals surface area contributed by atoms with Gasteiger partial charge in [-0.1, -0.05) is 23.9 Å². The molecule has 0 N–H and O–H groups in total. The first kappa shape index (κ1) is 16.2. The van der Waals surface area contributed by atoms with Crippen LogP contribution in [0.4, 0.5) is 0 Å². The Morgan fingerprint density at radius 1 is 0.963 bits per heavy atom. The number of carbonyl (C=O) groups excluding carboxylic acids is 2. The first-order valence-electron chi connectivity index (χ1n) is 8.67. The van der Waals surface area contributed by atoms with E-state index in [-0.39, 0.29) is 17.7 Å². The molecule has 0 radical (unpaired) electrons. The van der Waals surface area contributed by atoms with Crippen molar-refractivity contribution in [2.75, 3.05) is 5.88 Å². The molecule has 134 valence electrons. The SMILES string of the molecule is O=C1c2ccccc2C(=O)N1CSc1nnc(-c2ccncc2)n1C1CC1. The topological polar surface area (TPSA) is 81.0 Å². The zero-order chi connectivity index (χ0) is 18.4. The lowest BCUT2D eigenvalue weighted by atomic mass is 10.1. The third-order valence-corrected chi connectivity index (χ3v) is 5.64. The van der Waals surface area contributed by atoms with Crippen molar-refractivity contribution in [1.82, 2.24) is 24.6 Å². The molecule has 2 aromatic heterocycles. The minimum absolute atomic E-state index is 0.216. The summed E-state index contributed by atoms with van der Waals surface area (Å²) in [6.07, 6.45) is 5.62. The van der Waals surface area contributed by atoms with Gasteiger partial charge < -0.3 is 0 Å². The number of thioether (sulfide) groups is 1. The van der Waals surface area contributed by atoms with E-state index in [9.17, 15) is 9.59 Å². The number of nitrogens with zero attached hydrogens (tertiary/aromatic N) is 5. The monoisotopic (exact) mass is 377 g/mol. The molecule has 2 amide bonds. The summed E-state index contributed by atoms with van der Waals surface area (Å²) < 4.78 is 2.11. The maximum atomic E-state index is 12.5. The van der Waals surface area contributed by atoms with Crippen LogP contribution in [0, 0.1) is 0 Å². The normalized spacial score (nSPS) is 16.1. The Balaban J connectivity index is 1.41. The summed E-state index contributed by atoms with van der Waals surface area (Å²) >= 11 is 1.36. The average Bonchev–Trinajstić information content (AvgIpc) is 3.42. The largest absolute Gasteiger partial charge is 0.299 e. The lowest BCUT2D eigenvalue weighted by Gasteiger charge is -2.14. The van der Waals surface area contributed by atoms with Crippen LogP contribution in [-0.4, -0.2) is 42.3 Å². The molecule has 5 rings (SSSR count). The highest BCUT2D eigenvalue weighted by atomic mass is 32.2. The summed E-state index contributed by atoms with van der Waals surface area (Å²) in [6, 6.07) is 11.1. The highest BCUT2D eigenvalue weighted by Gasteiger charge is 2.36. The van der Waals surface area contributed by atoms with Crippen LogP contribution in [0.25, 0.3) is 11.4 Å². The molecule has 1 aliphatic carbocycles. The fraction of sp³-hybridized carbons (Fsp3) is 0.211. The van der Waals surface area contributed by atoms with Gasteiger partial charge in [0.2, 0.25) is 0 Å². The second kappa shape index (κ2) is 6.31. The molecule has 7 nitrogen and oxygen atoms in total. The molecule has 0 bridgehead atoms. The van der Waals surface area contributed by atoms with Crippen molar-refractivity contribution in [2.45, 2.75) is 24.0 Å². The van der Waals surface area contributed by atoms with E-state index >= 15 is 0 Å². The number of pyridine rings is 1. The summed E-state index contributed by atoms with van der Waals surface area (Å²) in [5.41, 5.74) is 1.88.